The highest BCUT2D eigenvalue weighted by Gasteiger charge is 2.31. The molecule has 100 valence electrons. The average molecular weight is 249 g/mol. The fraction of sp³-hybridized carbons (Fsp3) is 0.667. The number of carbonyl (C=O) groups excluding carboxylic acids is 1. The maximum atomic E-state index is 12.2. The first-order valence-electron chi connectivity index (χ1n) is 6.76. The second kappa shape index (κ2) is 4.79. The lowest BCUT2D eigenvalue weighted by Crippen LogP contribution is -2.46. The molecule has 0 unspecified atom stereocenters. The largest absolute Gasteiger partial charge is 0.444 e. The van der Waals surface area contributed by atoms with E-state index in [9.17, 15) is 4.79 Å². The zero-order valence-electron chi connectivity index (χ0n) is 11.8. The van der Waals surface area contributed by atoms with E-state index in [0.717, 1.165) is 25.8 Å². The number of allylic oxidation sites excluding steroid dienone is 1. The minimum atomic E-state index is -0.423. The van der Waals surface area contributed by atoms with Gasteiger partial charge in [-0.1, -0.05) is 17.7 Å². The standard InChI is InChI=1S/C15H23NO2/c1-11-13-8-6-5-7-12(13)9-10-16(11)14(17)18-15(2,3)4/h6,8,11H,5,7,9-10H2,1-4H3/t11-/m0/s1. The summed E-state index contributed by atoms with van der Waals surface area (Å²) in [6.45, 7) is 8.59. The van der Waals surface area contributed by atoms with Crippen LogP contribution in [0.25, 0.3) is 0 Å². The molecular weight excluding hydrogens is 226 g/mol. The van der Waals surface area contributed by atoms with Crippen LogP contribution in [0.5, 0.6) is 0 Å². The van der Waals surface area contributed by atoms with Crippen molar-refractivity contribution in [3.8, 4) is 0 Å². The molecule has 1 atom stereocenters. The molecule has 0 saturated heterocycles. The normalized spacial score (nSPS) is 24.0. The van der Waals surface area contributed by atoms with Crippen molar-refractivity contribution in [3.05, 3.63) is 23.3 Å². The molecule has 0 N–H and O–H groups in total. The molecule has 0 aromatic heterocycles. The predicted octanol–water partition coefficient (Wildman–Crippen LogP) is 3.66. The van der Waals surface area contributed by atoms with Gasteiger partial charge in [-0.05, 0) is 52.5 Å². The van der Waals surface area contributed by atoms with Crippen LogP contribution in [-0.4, -0.2) is 29.2 Å². The van der Waals surface area contributed by atoms with Crippen molar-refractivity contribution >= 4 is 6.09 Å². The summed E-state index contributed by atoms with van der Waals surface area (Å²) in [6, 6.07) is 0.139. The summed E-state index contributed by atoms with van der Waals surface area (Å²) < 4.78 is 5.47. The summed E-state index contributed by atoms with van der Waals surface area (Å²) in [5.41, 5.74) is 2.41. The SMILES string of the molecule is C[C@H]1C2=C(CCC=C2)CCN1C(=O)OC(C)(C)C. The van der Waals surface area contributed by atoms with E-state index in [0.29, 0.717) is 0 Å². The monoisotopic (exact) mass is 249 g/mol. The molecule has 0 spiro atoms. The first kappa shape index (κ1) is 13.2. The van der Waals surface area contributed by atoms with Crippen LogP contribution >= 0.6 is 0 Å². The van der Waals surface area contributed by atoms with Crippen LogP contribution in [0.15, 0.2) is 23.3 Å². The maximum Gasteiger partial charge on any atom is 0.410 e. The van der Waals surface area contributed by atoms with Gasteiger partial charge in [0.25, 0.3) is 0 Å². The van der Waals surface area contributed by atoms with E-state index in [1.165, 1.54) is 11.1 Å². The Hall–Kier alpha value is -1.25. The molecule has 2 aliphatic rings. The van der Waals surface area contributed by atoms with Gasteiger partial charge in [-0.2, -0.15) is 0 Å². The summed E-state index contributed by atoms with van der Waals surface area (Å²) >= 11 is 0. The van der Waals surface area contributed by atoms with Crippen molar-refractivity contribution in [1.29, 1.82) is 0 Å². The molecule has 1 aliphatic carbocycles. The Kier molecular flexibility index (Phi) is 3.51. The van der Waals surface area contributed by atoms with E-state index in [1.54, 1.807) is 0 Å². The van der Waals surface area contributed by atoms with Gasteiger partial charge in [0.15, 0.2) is 0 Å². The first-order chi connectivity index (χ1) is 8.38. The second-order valence-corrected chi connectivity index (χ2v) is 6.10. The second-order valence-electron chi connectivity index (χ2n) is 6.10. The van der Waals surface area contributed by atoms with Crippen molar-refractivity contribution in [2.24, 2.45) is 0 Å². The van der Waals surface area contributed by atoms with E-state index in [2.05, 4.69) is 19.1 Å². The Bertz CT molecular complexity index is 401. The molecule has 1 amide bonds. The van der Waals surface area contributed by atoms with Crippen molar-refractivity contribution in [2.75, 3.05) is 6.54 Å². The van der Waals surface area contributed by atoms with Crippen molar-refractivity contribution in [3.63, 3.8) is 0 Å². The highest BCUT2D eigenvalue weighted by Crippen LogP contribution is 2.31. The predicted molar refractivity (Wildman–Crippen MR) is 72.4 cm³/mol. The molecule has 0 fully saturated rings. The molecule has 18 heavy (non-hydrogen) atoms. The summed E-state index contributed by atoms with van der Waals surface area (Å²) in [5.74, 6) is 0. The van der Waals surface area contributed by atoms with Crippen LogP contribution in [-0.2, 0) is 4.74 Å². The van der Waals surface area contributed by atoms with Gasteiger partial charge >= 0.3 is 6.09 Å². The molecule has 0 aromatic rings. The number of ether oxygens (including phenoxy) is 1. The molecule has 0 radical (unpaired) electrons. The van der Waals surface area contributed by atoms with Crippen molar-refractivity contribution in [1.82, 2.24) is 4.90 Å². The van der Waals surface area contributed by atoms with Gasteiger partial charge in [0.1, 0.15) is 5.60 Å². The Morgan fingerprint density at radius 1 is 1.39 bits per heavy atom. The molecule has 3 heteroatoms. The number of amides is 1. The summed E-state index contributed by atoms with van der Waals surface area (Å²) in [6.07, 6.45) is 7.47. The van der Waals surface area contributed by atoms with E-state index in [4.69, 9.17) is 4.74 Å². The third-order valence-corrected chi connectivity index (χ3v) is 3.52. The minimum Gasteiger partial charge on any atom is -0.444 e. The van der Waals surface area contributed by atoms with Crippen LogP contribution in [0, 0.1) is 0 Å². The Morgan fingerprint density at radius 3 is 2.78 bits per heavy atom. The number of hydrogen-bond acceptors (Lipinski definition) is 2. The minimum absolute atomic E-state index is 0.139. The van der Waals surface area contributed by atoms with E-state index < -0.39 is 5.60 Å². The van der Waals surface area contributed by atoms with Gasteiger partial charge in [0, 0.05) is 6.54 Å². The number of carbonyl (C=O) groups is 1. The summed E-state index contributed by atoms with van der Waals surface area (Å²) in [7, 11) is 0. The third-order valence-electron chi connectivity index (χ3n) is 3.52. The van der Waals surface area contributed by atoms with Gasteiger partial charge < -0.3 is 9.64 Å². The molecular formula is C15H23NO2. The van der Waals surface area contributed by atoms with E-state index >= 15 is 0 Å². The number of rotatable bonds is 0. The Balaban J connectivity index is 2.11. The van der Waals surface area contributed by atoms with Crippen LogP contribution in [0.3, 0.4) is 0 Å². The summed E-state index contributed by atoms with van der Waals surface area (Å²) in [5, 5.41) is 0. The lowest BCUT2D eigenvalue weighted by atomic mass is 9.87. The Morgan fingerprint density at radius 2 is 2.11 bits per heavy atom. The zero-order chi connectivity index (χ0) is 13.3. The fourth-order valence-corrected chi connectivity index (χ4v) is 2.62. The van der Waals surface area contributed by atoms with Gasteiger partial charge in [0.2, 0.25) is 0 Å². The number of hydrogen-bond donors (Lipinski definition) is 0. The zero-order valence-corrected chi connectivity index (χ0v) is 11.8. The quantitative estimate of drug-likeness (QED) is 0.655. The van der Waals surface area contributed by atoms with Crippen molar-refractivity contribution in [2.45, 2.75) is 58.6 Å². The molecule has 0 saturated carbocycles. The average Bonchev–Trinajstić information content (AvgIpc) is 2.27. The fourth-order valence-electron chi connectivity index (χ4n) is 2.62. The maximum absolute atomic E-state index is 12.2. The topological polar surface area (TPSA) is 29.5 Å². The highest BCUT2D eigenvalue weighted by molar-refractivity contribution is 5.70. The van der Waals surface area contributed by atoms with Gasteiger partial charge in [-0.15, -0.1) is 0 Å². The van der Waals surface area contributed by atoms with Gasteiger partial charge in [-0.3, -0.25) is 0 Å². The van der Waals surface area contributed by atoms with E-state index in [1.807, 2.05) is 25.7 Å². The lowest BCUT2D eigenvalue weighted by Gasteiger charge is -2.38. The Labute approximate surface area is 109 Å². The molecule has 1 heterocycles. The molecule has 2 rings (SSSR count). The van der Waals surface area contributed by atoms with Crippen LogP contribution in [0.4, 0.5) is 4.79 Å². The van der Waals surface area contributed by atoms with Crippen LogP contribution in [0.2, 0.25) is 0 Å². The van der Waals surface area contributed by atoms with Gasteiger partial charge in [-0.25, -0.2) is 4.79 Å². The van der Waals surface area contributed by atoms with Gasteiger partial charge in [0.05, 0.1) is 6.04 Å². The van der Waals surface area contributed by atoms with Crippen LogP contribution in [0.1, 0.15) is 47.0 Å². The molecule has 3 nitrogen and oxygen atoms in total. The lowest BCUT2D eigenvalue weighted by molar-refractivity contribution is 0.0194. The van der Waals surface area contributed by atoms with E-state index in [-0.39, 0.29) is 12.1 Å². The number of nitrogens with zero attached hydrogens (tertiary/aromatic N) is 1. The third kappa shape index (κ3) is 2.77. The molecule has 0 aromatic carbocycles. The first-order valence-corrected chi connectivity index (χ1v) is 6.76. The van der Waals surface area contributed by atoms with Crippen LogP contribution < -0.4 is 0 Å². The highest BCUT2D eigenvalue weighted by atomic mass is 16.6. The van der Waals surface area contributed by atoms with Crippen molar-refractivity contribution < 1.29 is 9.53 Å². The molecule has 1 aliphatic heterocycles. The summed E-state index contributed by atoms with van der Waals surface area (Å²) in [4.78, 5) is 14.0. The smallest absolute Gasteiger partial charge is 0.410 e. The molecule has 0 bridgehead atoms.